The lowest BCUT2D eigenvalue weighted by Crippen LogP contribution is -2.43. The monoisotopic (exact) mass is 420 g/mol. The van der Waals surface area contributed by atoms with E-state index in [0.29, 0.717) is 19.0 Å². The maximum atomic E-state index is 11.4. The fraction of sp³-hybridized carbons (Fsp3) is 0.462. The van der Waals surface area contributed by atoms with Gasteiger partial charge in [0.1, 0.15) is 0 Å². The van der Waals surface area contributed by atoms with Gasteiger partial charge in [0, 0.05) is 45.6 Å². The number of amides is 3. The Kier molecular flexibility index (Phi) is 7.71. The molecule has 122 valence electrons. The first kappa shape index (κ1) is 18.3. The van der Waals surface area contributed by atoms with E-state index in [1.165, 1.54) is 4.90 Å². The highest BCUT2D eigenvalue weighted by molar-refractivity contribution is 14.0. The average molecular weight is 420 g/mol. The first-order valence-electron chi connectivity index (χ1n) is 6.84. The summed E-state index contributed by atoms with van der Waals surface area (Å²) in [6, 6.07) is 3.62. The molecule has 2 rings (SSSR count). The second kappa shape index (κ2) is 9.28. The molecular formula is C13H21IN6O2. The number of urea groups is 1. The summed E-state index contributed by atoms with van der Waals surface area (Å²) in [5, 5.41) is 8.73. The van der Waals surface area contributed by atoms with Crippen LogP contribution in [0, 0.1) is 0 Å². The van der Waals surface area contributed by atoms with Crippen LogP contribution in [0.5, 0.6) is 0 Å². The van der Waals surface area contributed by atoms with E-state index in [4.69, 9.17) is 0 Å². The van der Waals surface area contributed by atoms with Crippen LogP contribution >= 0.6 is 24.0 Å². The predicted octanol–water partition coefficient (Wildman–Crippen LogP) is -0.177. The van der Waals surface area contributed by atoms with Gasteiger partial charge in [-0.1, -0.05) is 0 Å². The van der Waals surface area contributed by atoms with E-state index < -0.39 is 0 Å². The van der Waals surface area contributed by atoms with E-state index in [0.717, 1.165) is 13.1 Å². The highest BCUT2D eigenvalue weighted by Gasteiger charge is 2.27. The Morgan fingerprint density at radius 3 is 2.41 bits per heavy atom. The van der Waals surface area contributed by atoms with Gasteiger partial charge in [-0.25, -0.2) is 4.79 Å². The van der Waals surface area contributed by atoms with Gasteiger partial charge in [-0.3, -0.25) is 14.7 Å². The van der Waals surface area contributed by atoms with Crippen LogP contribution in [0.25, 0.3) is 0 Å². The molecule has 0 saturated carbocycles. The molecule has 0 atom stereocenters. The number of carbonyl (C=O) groups is 2. The third-order valence-corrected chi connectivity index (χ3v) is 3.12. The van der Waals surface area contributed by atoms with Crippen molar-refractivity contribution in [3.63, 3.8) is 0 Å². The molecule has 1 saturated heterocycles. The van der Waals surface area contributed by atoms with Crippen LogP contribution in [0.1, 0.15) is 0 Å². The van der Waals surface area contributed by atoms with E-state index in [1.54, 1.807) is 7.05 Å². The number of hydrogen-bond acceptors (Lipinski definition) is 3. The maximum Gasteiger partial charge on any atom is 0.324 e. The number of halogens is 1. The molecule has 1 aliphatic heterocycles. The molecule has 22 heavy (non-hydrogen) atoms. The molecule has 1 aliphatic rings. The Hall–Kier alpha value is -1.78. The standard InChI is InChI=1S/C13H20N6O2.HI/c1-14-12(15-4-8-18-6-2-3-7-18)16-5-9-19-11(20)10-17-13(19)21;/h2-3,6-7H,4-5,8-10H2,1H3,(H,17,21)(H2,14,15,16);1H. The molecule has 1 fully saturated rings. The molecule has 0 spiro atoms. The van der Waals surface area contributed by atoms with Crippen molar-refractivity contribution < 1.29 is 9.59 Å². The van der Waals surface area contributed by atoms with Crippen LogP contribution in [0.3, 0.4) is 0 Å². The van der Waals surface area contributed by atoms with Crippen LogP contribution in [-0.4, -0.2) is 60.6 Å². The fourth-order valence-corrected chi connectivity index (χ4v) is 2.01. The van der Waals surface area contributed by atoms with Crippen molar-refractivity contribution in [1.82, 2.24) is 25.4 Å². The molecular weight excluding hydrogens is 399 g/mol. The summed E-state index contributed by atoms with van der Waals surface area (Å²) in [6.45, 7) is 2.44. The number of nitrogens with zero attached hydrogens (tertiary/aromatic N) is 3. The van der Waals surface area contributed by atoms with Crippen molar-refractivity contribution in [3.05, 3.63) is 24.5 Å². The number of guanidine groups is 1. The lowest BCUT2D eigenvalue weighted by atomic mass is 10.5. The molecule has 0 radical (unpaired) electrons. The number of carbonyl (C=O) groups excluding carboxylic acids is 2. The Morgan fingerprint density at radius 2 is 1.86 bits per heavy atom. The fourth-order valence-electron chi connectivity index (χ4n) is 2.01. The first-order chi connectivity index (χ1) is 10.2. The van der Waals surface area contributed by atoms with E-state index in [9.17, 15) is 9.59 Å². The minimum absolute atomic E-state index is 0. The summed E-state index contributed by atoms with van der Waals surface area (Å²) < 4.78 is 2.06. The molecule has 3 amide bonds. The summed E-state index contributed by atoms with van der Waals surface area (Å²) in [4.78, 5) is 28.0. The smallest absolute Gasteiger partial charge is 0.324 e. The second-order valence-corrected chi connectivity index (χ2v) is 4.55. The average Bonchev–Trinajstić information content (AvgIpc) is 3.10. The highest BCUT2D eigenvalue weighted by atomic mass is 127. The lowest BCUT2D eigenvalue weighted by molar-refractivity contribution is -0.124. The molecule has 0 aromatic carbocycles. The van der Waals surface area contributed by atoms with E-state index in [1.807, 2.05) is 24.5 Å². The molecule has 0 aliphatic carbocycles. The predicted molar refractivity (Wildman–Crippen MR) is 94.3 cm³/mol. The van der Waals surface area contributed by atoms with Gasteiger partial charge in [0.25, 0.3) is 0 Å². The molecule has 3 N–H and O–H groups in total. The Bertz CT molecular complexity index is 501. The highest BCUT2D eigenvalue weighted by Crippen LogP contribution is 1.96. The number of nitrogens with one attached hydrogen (secondary N) is 3. The van der Waals surface area contributed by atoms with E-state index in [2.05, 4.69) is 25.5 Å². The molecule has 9 heteroatoms. The van der Waals surface area contributed by atoms with E-state index >= 15 is 0 Å². The number of aromatic nitrogens is 1. The van der Waals surface area contributed by atoms with Gasteiger partial charge in [0.2, 0.25) is 5.91 Å². The summed E-state index contributed by atoms with van der Waals surface area (Å²) in [5.74, 6) is 0.451. The zero-order valence-electron chi connectivity index (χ0n) is 12.4. The van der Waals surface area contributed by atoms with Crippen LogP contribution in [0.4, 0.5) is 4.79 Å². The van der Waals surface area contributed by atoms with Crippen molar-refractivity contribution in [3.8, 4) is 0 Å². The summed E-state index contributed by atoms with van der Waals surface area (Å²) >= 11 is 0. The van der Waals surface area contributed by atoms with E-state index in [-0.39, 0.29) is 42.5 Å². The third-order valence-electron chi connectivity index (χ3n) is 3.12. The minimum Gasteiger partial charge on any atom is -0.355 e. The van der Waals surface area contributed by atoms with Gasteiger partial charge in [-0.05, 0) is 12.1 Å². The molecule has 1 aromatic heterocycles. The van der Waals surface area contributed by atoms with Crippen molar-refractivity contribution >= 4 is 41.9 Å². The van der Waals surface area contributed by atoms with Gasteiger partial charge >= 0.3 is 6.03 Å². The number of hydrogen-bond donors (Lipinski definition) is 3. The van der Waals surface area contributed by atoms with Gasteiger partial charge in [0.05, 0.1) is 6.54 Å². The molecule has 1 aromatic rings. The van der Waals surface area contributed by atoms with Gasteiger partial charge in [0.15, 0.2) is 5.96 Å². The van der Waals surface area contributed by atoms with Crippen LogP contribution in [0.2, 0.25) is 0 Å². The third kappa shape index (κ3) is 5.20. The van der Waals surface area contributed by atoms with Gasteiger partial charge in [-0.15, -0.1) is 24.0 Å². The molecule has 8 nitrogen and oxygen atoms in total. The van der Waals surface area contributed by atoms with Crippen molar-refractivity contribution in [1.29, 1.82) is 0 Å². The molecule has 2 heterocycles. The second-order valence-electron chi connectivity index (χ2n) is 4.55. The quantitative estimate of drug-likeness (QED) is 0.258. The van der Waals surface area contributed by atoms with Crippen molar-refractivity contribution in [2.24, 2.45) is 4.99 Å². The topological polar surface area (TPSA) is 90.8 Å². The first-order valence-corrected chi connectivity index (χ1v) is 6.84. The summed E-state index contributed by atoms with van der Waals surface area (Å²) in [7, 11) is 1.68. The zero-order chi connectivity index (χ0) is 15.1. The minimum atomic E-state index is -0.336. The number of aliphatic imine (C=N–C) groups is 1. The Balaban J connectivity index is 0.00000242. The number of rotatable bonds is 6. The lowest BCUT2D eigenvalue weighted by Gasteiger charge is -2.15. The van der Waals surface area contributed by atoms with Crippen LogP contribution < -0.4 is 16.0 Å². The summed E-state index contributed by atoms with van der Waals surface area (Å²) in [6.07, 6.45) is 3.99. The zero-order valence-corrected chi connectivity index (χ0v) is 14.7. The Morgan fingerprint density at radius 1 is 1.23 bits per heavy atom. The van der Waals surface area contributed by atoms with Crippen molar-refractivity contribution in [2.45, 2.75) is 6.54 Å². The van der Waals surface area contributed by atoms with Crippen molar-refractivity contribution in [2.75, 3.05) is 33.2 Å². The van der Waals surface area contributed by atoms with Crippen LogP contribution in [0.15, 0.2) is 29.5 Å². The largest absolute Gasteiger partial charge is 0.355 e. The maximum absolute atomic E-state index is 11.4. The molecule has 0 unspecified atom stereocenters. The van der Waals surface area contributed by atoms with Gasteiger partial charge in [-0.2, -0.15) is 0 Å². The Labute approximate surface area is 146 Å². The number of imide groups is 1. The molecule has 0 bridgehead atoms. The normalized spacial score (nSPS) is 14.6. The summed E-state index contributed by atoms with van der Waals surface area (Å²) in [5.41, 5.74) is 0. The van der Waals surface area contributed by atoms with Crippen LogP contribution in [-0.2, 0) is 11.3 Å². The van der Waals surface area contributed by atoms with Gasteiger partial charge < -0.3 is 20.5 Å². The SMILES string of the molecule is CN=C(NCCN1C(=O)CNC1=O)NCCn1cccc1.I.